The zero-order valence-electron chi connectivity index (χ0n) is 15.3. The molecule has 28 heavy (non-hydrogen) atoms. The highest BCUT2D eigenvalue weighted by Gasteiger charge is 2.28. The summed E-state index contributed by atoms with van der Waals surface area (Å²) in [5, 5.41) is 12.8. The molecule has 0 radical (unpaired) electrons. The van der Waals surface area contributed by atoms with Crippen LogP contribution in [-0.2, 0) is 4.79 Å². The van der Waals surface area contributed by atoms with Crippen molar-refractivity contribution in [1.82, 2.24) is 25.0 Å². The van der Waals surface area contributed by atoms with Crippen molar-refractivity contribution in [2.45, 2.75) is 24.4 Å². The molecule has 2 aliphatic rings. The molecule has 1 aromatic heterocycles. The van der Waals surface area contributed by atoms with E-state index in [2.05, 4.69) is 20.4 Å². The summed E-state index contributed by atoms with van der Waals surface area (Å²) in [6.07, 6.45) is 2.96. The molecule has 0 unspecified atom stereocenters. The maximum absolute atomic E-state index is 11.7. The van der Waals surface area contributed by atoms with Gasteiger partial charge in [-0.25, -0.2) is 4.79 Å². The van der Waals surface area contributed by atoms with Crippen LogP contribution in [-0.4, -0.2) is 63.5 Å². The van der Waals surface area contributed by atoms with Gasteiger partial charge in [0.1, 0.15) is 0 Å². The quantitative estimate of drug-likeness (QED) is 0.421. The molecule has 2 saturated heterocycles. The topological polar surface area (TPSA) is 83.4 Å². The Hall–Kier alpha value is -2.26. The Labute approximate surface area is 172 Å². The van der Waals surface area contributed by atoms with Gasteiger partial charge in [-0.2, -0.15) is 0 Å². The van der Waals surface area contributed by atoms with E-state index in [0.29, 0.717) is 23.7 Å². The van der Waals surface area contributed by atoms with Gasteiger partial charge in [0.15, 0.2) is 5.16 Å². The second kappa shape index (κ2) is 8.40. The summed E-state index contributed by atoms with van der Waals surface area (Å²) in [7, 11) is 0. The van der Waals surface area contributed by atoms with Crippen molar-refractivity contribution < 1.29 is 9.59 Å². The van der Waals surface area contributed by atoms with Crippen molar-refractivity contribution >= 4 is 41.2 Å². The lowest BCUT2D eigenvalue weighted by atomic mass is 10.3. The van der Waals surface area contributed by atoms with E-state index in [0.717, 1.165) is 42.7 Å². The molecule has 3 heterocycles. The summed E-state index contributed by atoms with van der Waals surface area (Å²) in [5.74, 6) is 1.34. The number of halogens is 1. The Morgan fingerprint density at radius 1 is 1.14 bits per heavy atom. The fraction of sp³-hybridized carbons (Fsp3) is 0.444. The zero-order chi connectivity index (χ0) is 19.5. The standard InChI is InChI=1S/C18H21ClN6O2S/c19-13-6-1-2-7-14(13)25-16(23-8-3-4-9-23)21-22-18(25)28-11-5-10-24-15(26)12-20-17(24)27/h1-2,6-7H,3-5,8-12H2,(H,20,27). The molecule has 1 N–H and O–H groups in total. The van der Waals surface area contributed by atoms with Crippen LogP contribution in [0.3, 0.4) is 0 Å². The molecule has 0 bridgehead atoms. The number of hydrogen-bond donors (Lipinski definition) is 1. The Kier molecular flexibility index (Phi) is 5.72. The molecule has 148 valence electrons. The first-order chi connectivity index (χ1) is 13.6. The van der Waals surface area contributed by atoms with E-state index >= 15 is 0 Å². The minimum atomic E-state index is -0.314. The van der Waals surface area contributed by atoms with Crippen LogP contribution in [0.15, 0.2) is 29.4 Å². The molecule has 10 heteroatoms. The lowest BCUT2D eigenvalue weighted by molar-refractivity contribution is -0.124. The average Bonchev–Trinajstić information content (AvgIpc) is 3.41. The molecule has 0 atom stereocenters. The van der Waals surface area contributed by atoms with Crippen LogP contribution in [0.5, 0.6) is 0 Å². The van der Waals surface area contributed by atoms with E-state index in [4.69, 9.17) is 11.6 Å². The number of urea groups is 1. The number of rotatable bonds is 7. The van der Waals surface area contributed by atoms with E-state index in [1.807, 2.05) is 28.8 Å². The lowest BCUT2D eigenvalue weighted by Crippen LogP contribution is -2.32. The summed E-state index contributed by atoms with van der Waals surface area (Å²) in [6, 6.07) is 7.35. The number of anilines is 1. The number of imide groups is 1. The molecule has 2 aliphatic heterocycles. The highest BCUT2D eigenvalue weighted by atomic mass is 35.5. The molecule has 0 saturated carbocycles. The van der Waals surface area contributed by atoms with Gasteiger partial charge in [0.2, 0.25) is 11.9 Å². The number of benzene rings is 1. The number of thioether (sulfide) groups is 1. The summed E-state index contributed by atoms with van der Waals surface area (Å²) < 4.78 is 2.01. The third-order valence-electron chi connectivity index (χ3n) is 4.79. The molecular formula is C18H21ClN6O2S. The summed E-state index contributed by atoms with van der Waals surface area (Å²) in [6.45, 7) is 2.40. The average molecular weight is 421 g/mol. The Morgan fingerprint density at radius 2 is 1.93 bits per heavy atom. The SMILES string of the molecule is O=C1CNC(=O)N1CCCSc1nnc(N2CCCC2)n1-c1ccccc1Cl. The van der Waals surface area contributed by atoms with Crippen LogP contribution in [0.4, 0.5) is 10.7 Å². The maximum Gasteiger partial charge on any atom is 0.324 e. The van der Waals surface area contributed by atoms with E-state index in [1.165, 1.54) is 4.90 Å². The Morgan fingerprint density at radius 3 is 2.64 bits per heavy atom. The fourth-order valence-corrected chi connectivity index (χ4v) is 4.47. The van der Waals surface area contributed by atoms with Gasteiger partial charge >= 0.3 is 6.03 Å². The van der Waals surface area contributed by atoms with Crippen molar-refractivity contribution in [3.05, 3.63) is 29.3 Å². The third kappa shape index (κ3) is 3.81. The number of carbonyl (C=O) groups excluding carboxylic acids is 2. The van der Waals surface area contributed by atoms with Crippen LogP contribution in [0.1, 0.15) is 19.3 Å². The second-order valence-electron chi connectivity index (χ2n) is 6.67. The van der Waals surface area contributed by atoms with Crippen molar-refractivity contribution in [2.75, 3.05) is 36.8 Å². The molecule has 8 nitrogen and oxygen atoms in total. The second-order valence-corrected chi connectivity index (χ2v) is 8.14. The summed E-state index contributed by atoms with van der Waals surface area (Å²) in [4.78, 5) is 26.8. The van der Waals surface area contributed by atoms with Crippen LogP contribution in [0.25, 0.3) is 5.69 Å². The van der Waals surface area contributed by atoms with Gasteiger partial charge < -0.3 is 10.2 Å². The van der Waals surface area contributed by atoms with Crippen LogP contribution < -0.4 is 10.2 Å². The molecule has 3 amide bonds. The third-order valence-corrected chi connectivity index (χ3v) is 6.13. The predicted molar refractivity (Wildman–Crippen MR) is 108 cm³/mol. The zero-order valence-corrected chi connectivity index (χ0v) is 16.9. The van der Waals surface area contributed by atoms with Crippen LogP contribution in [0, 0.1) is 0 Å². The van der Waals surface area contributed by atoms with Crippen molar-refractivity contribution in [3.63, 3.8) is 0 Å². The number of carbonyl (C=O) groups is 2. The monoisotopic (exact) mass is 420 g/mol. The van der Waals surface area contributed by atoms with Crippen LogP contribution >= 0.6 is 23.4 Å². The highest BCUT2D eigenvalue weighted by Crippen LogP contribution is 2.32. The number of para-hydroxylation sites is 1. The molecule has 1 aromatic carbocycles. The van der Waals surface area contributed by atoms with E-state index in [-0.39, 0.29) is 18.5 Å². The van der Waals surface area contributed by atoms with E-state index in [9.17, 15) is 9.59 Å². The number of nitrogens with one attached hydrogen (secondary N) is 1. The maximum atomic E-state index is 11.7. The van der Waals surface area contributed by atoms with Crippen molar-refractivity contribution in [1.29, 1.82) is 0 Å². The largest absolute Gasteiger partial charge is 0.341 e. The molecular weight excluding hydrogens is 400 g/mol. The normalized spacial score (nSPS) is 16.9. The molecule has 0 spiro atoms. The van der Waals surface area contributed by atoms with Gasteiger partial charge in [-0.1, -0.05) is 35.5 Å². The van der Waals surface area contributed by atoms with Gasteiger partial charge in [-0.05, 0) is 31.4 Å². The summed E-state index contributed by atoms with van der Waals surface area (Å²) in [5.41, 5.74) is 0.854. The first kappa shape index (κ1) is 19.1. The smallest absolute Gasteiger partial charge is 0.324 e. The van der Waals surface area contributed by atoms with Gasteiger partial charge in [0.25, 0.3) is 0 Å². The predicted octanol–water partition coefficient (Wildman–Crippen LogP) is 2.55. The summed E-state index contributed by atoms with van der Waals surface area (Å²) >= 11 is 8.00. The molecule has 2 fully saturated rings. The number of amides is 3. The Bertz CT molecular complexity index is 867. The van der Waals surface area contributed by atoms with Crippen molar-refractivity contribution in [2.24, 2.45) is 0 Å². The molecule has 4 rings (SSSR count). The molecule has 2 aromatic rings. The van der Waals surface area contributed by atoms with E-state index in [1.54, 1.807) is 11.8 Å². The lowest BCUT2D eigenvalue weighted by Gasteiger charge is -2.19. The highest BCUT2D eigenvalue weighted by molar-refractivity contribution is 7.99. The number of hydrogen-bond acceptors (Lipinski definition) is 6. The first-order valence-electron chi connectivity index (χ1n) is 9.31. The minimum Gasteiger partial charge on any atom is -0.341 e. The fourth-order valence-electron chi connectivity index (χ4n) is 3.39. The van der Waals surface area contributed by atoms with Gasteiger partial charge in [-0.15, -0.1) is 10.2 Å². The van der Waals surface area contributed by atoms with Gasteiger partial charge in [0, 0.05) is 25.4 Å². The van der Waals surface area contributed by atoms with Gasteiger partial charge in [0.05, 0.1) is 17.3 Å². The number of nitrogens with zero attached hydrogens (tertiary/aromatic N) is 5. The van der Waals surface area contributed by atoms with E-state index < -0.39 is 0 Å². The Balaban J connectivity index is 1.50. The minimum absolute atomic E-state index is 0.0893. The van der Waals surface area contributed by atoms with Crippen molar-refractivity contribution in [3.8, 4) is 5.69 Å². The van der Waals surface area contributed by atoms with Gasteiger partial charge in [-0.3, -0.25) is 14.3 Å². The number of aromatic nitrogens is 3. The van der Waals surface area contributed by atoms with Crippen LogP contribution in [0.2, 0.25) is 5.02 Å². The molecule has 0 aliphatic carbocycles. The first-order valence-corrected chi connectivity index (χ1v) is 10.7.